The highest BCUT2D eigenvalue weighted by atomic mass is 32.1. The van der Waals surface area contributed by atoms with E-state index in [1.165, 1.54) is 0 Å². The fourth-order valence-corrected chi connectivity index (χ4v) is 6.44. The molecule has 1 atom stereocenters. The first kappa shape index (κ1) is 29.0. The van der Waals surface area contributed by atoms with E-state index in [-0.39, 0.29) is 27.7 Å². The summed E-state index contributed by atoms with van der Waals surface area (Å²) < 4.78 is 44.6. The van der Waals surface area contributed by atoms with E-state index in [2.05, 4.69) is 62.3 Å². The van der Waals surface area contributed by atoms with E-state index in [0.29, 0.717) is 5.75 Å². The van der Waals surface area contributed by atoms with Crippen LogP contribution in [0.5, 0.6) is 17.2 Å². The Bertz CT molecular complexity index is 1200. The molecular formula is C30H39O5P2+. The van der Waals surface area contributed by atoms with Crippen LogP contribution in [-0.2, 0) is 25.4 Å². The molecule has 3 aromatic carbocycles. The Labute approximate surface area is 222 Å². The molecule has 0 heterocycles. The first-order chi connectivity index (χ1) is 17.0. The fraction of sp³-hybridized carbons (Fsp3) is 0.400. The molecule has 0 fully saturated rings. The SMILES string of the molecule is CC(C)(C)c1ccc(O[P+](=O)P(=O)(Oc2ccc(C(C)(C)C)cc2)Oc2ccc(C(C)(C)C)cc2)cc1. The molecule has 0 amide bonds. The number of hydrogen-bond donors (Lipinski definition) is 0. The molecule has 0 saturated carbocycles. The molecule has 7 heteroatoms. The second-order valence-corrected chi connectivity index (χ2v) is 16.7. The van der Waals surface area contributed by atoms with Crippen molar-refractivity contribution in [2.75, 3.05) is 0 Å². The first-order valence-electron chi connectivity index (χ1n) is 12.4. The lowest BCUT2D eigenvalue weighted by molar-refractivity contribution is 0.394. The van der Waals surface area contributed by atoms with Crippen LogP contribution >= 0.6 is 15.0 Å². The molecule has 0 bridgehead atoms. The summed E-state index contributed by atoms with van der Waals surface area (Å²) in [6.45, 7) is 18.9. The second-order valence-electron chi connectivity index (χ2n) is 12.3. The molecule has 0 N–H and O–H groups in total. The Morgan fingerprint density at radius 1 is 0.514 bits per heavy atom. The van der Waals surface area contributed by atoms with Crippen molar-refractivity contribution < 1.29 is 22.7 Å². The summed E-state index contributed by atoms with van der Waals surface area (Å²) in [6.07, 6.45) is 0. The predicted octanol–water partition coefficient (Wildman–Crippen LogP) is 9.97. The maximum atomic E-state index is 14.0. The average Bonchev–Trinajstić information content (AvgIpc) is 2.78. The van der Waals surface area contributed by atoms with Crippen molar-refractivity contribution in [1.82, 2.24) is 0 Å². The van der Waals surface area contributed by atoms with Crippen LogP contribution in [0.1, 0.15) is 79.0 Å². The lowest BCUT2D eigenvalue weighted by Gasteiger charge is -2.20. The molecule has 1 unspecified atom stereocenters. The van der Waals surface area contributed by atoms with Gasteiger partial charge in [0, 0.05) is 0 Å². The molecule has 0 saturated heterocycles. The van der Waals surface area contributed by atoms with Gasteiger partial charge in [-0.05, 0) is 73.9 Å². The van der Waals surface area contributed by atoms with Crippen LogP contribution in [0.15, 0.2) is 72.8 Å². The van der Waals surface area contributed by atoms with Gasteiger partial charge in [0.15, 0.2) is 5.75 Å². The maximum absolute atomic E-state index is 14.0. The summed E-state index contributed by atoms with van der Waals surface area (Å²) in [5, 5.41) is 0. The molecule has 3 rings (SSSR count). The van der Waals surface area contributed by atoms with Crippen LogP contribution < -0.4 is 13.6 Å². The summed E-state index contributed by atoms with van der Waals surface area (Å²) in [6, 6.07) is 21.7. The predicted molar refractivity (Wildman–Crippen MR) is 153 cm³/mol. The van der Waals surface area contributed by atoms with Gasteiger partial charge in [-0.3, -0.25) is 0 Å². The normalized spacial score (nSPS) is 13.2. The quantitative estimate of drug-likeness (QED) is 0.279. The zero-order valence-corrected chi connectivity index (χ0v) is 25.2. The van der Waals surface area contributed by atoms with Crippen molar-refractivity contribution >= 4 is 15.0 Å². The molecular weight excluding hydrogens is 502 g/mol. The summed E-state index contributed by atoms with van der Waals surface area (Å²) >= 11 is 0. The third-order valence-electron chi connectivity index (χ3n) is 5.99. The van der Waals surface area contributed by atoms with Crippen LogP contribution in [0.3, 0.4) is 0 Å². The van der Waals surface area contributed by atoms with Gasteiger partial charge in [0.2, 0.25) is 0 Å². The lowest BCUT2D eigenvalue weighted by Crippen LogP contribution is -2.11. The van der Waals surface area contributed by atoms with Crippen molar-refractivity contribution in [3.05, 3.63) is 89.5 Å². The fourth-order valence-electron chi connectivity index (χ4n) is 3.54. The third kappa shape index (κ3) is 7.69. The minimum Gasteiger partial charge on any atom is -0.378 e. The lowest BCUT2D eigenvalue weighted by atomic mass is 9.87. The van der Waals surface area contributed by atoms with Crippen LogP contribution in [0, 0.1) is 0 Å². The van der Waals surface area contributed by atoms with E-state index in [0.717, 1.165) is 16.7 Å². The van der Waals surface area contributed by atoms with Crippen molar-refractivity contribution in [3.63, 3.8) is 0 Å². The smallest absolute Gasteiger partial charge is 0.378 e. The molecule has 0 aliphatic carbocycles. The Balaban J connectivity index is 1.90. The zero-order valence-electron chi connectivity index (χ0n) is 23.4. The molecule has 37 heavy (non-hydrogen) atoms. The van der Waals surface area contributed by atoms with E-state index in [1.807, 2.05) is 36.4 Å². The van der Waals surface area contributed by atoms with Crippen LogP contribution in [-0.4, -0.2) is 0 Å². The minimum absolute atomic E-state index is 0.0410. The number of rotatable bonds is 7. The van der Waals surface area contributed by atoms with Gasteiger partial charge in [-0.2, -0.15) is 4.57 Å². The molecule has 0 aliphatic rings. The van der Waals surface area contributed by atoms with Gasteiger partial charge in [0.25, 0.3) is 0 Å². The maximum Gasteiger partial charge on any atom is 0.724 e. The molecule has 5 nitrogen and oxygen atoms in total. The molecule has 0 aliphatic heterocycles. The van der Waals surface area contributed by atoms with E-state index in [1.54, 1.807) is 36.4 Å². The Morgan fingerprint density at radius 3 is 1.05 bits per heavy atom. The monoisotopic (exact) mass is 541 g/mol. The molecule has 0 spiro atoms. The molecule has 0 aromatic heterocycles. The number of hydrogen-bond acceptors (Lipinski definition) is 5. The van der Waals surface area contributed by atoms with Crippen LogP contribution in [0.4, 0.5) is 0 Å². The van der Waals surface area contributed by atoms with Crippen molar-refractivity contribution in [2.45, 2.75) is 78.6 Å². The van der Waals surface area contributed by atoms with Gasteiger partial charge in [-0.1, -0.05) is 98.7 Å². The highest BCUT2D eigenvalue weighted by Crippen LogP contribution is 2.69. The van der Waals surface area contributed by atoms with Gasteiger partial charge in [0.1, 0.15) is 11.5 Å². The summed E-state index contributed by atoms with van der Waals surface area (Å²) in [4.78, 5) is 0. The summed E-state index contributed by atoms with van der Waals surface area (Å²) in [5.74, 6) is 0.906. The van der Waals surface area contributed by atoms with Crippen LogP contribution in [0.25, 0.3) is 0 Å². The first-order valence-corrected chi connectivity index (χ1v) is 15.9. The van der Waals surface area contributed by atoms with E-state index < -0.39 is 15.0 Å². The summed E-state index contributed by atoms with van der Waals surface area (Å²) in [7, 11) is -7.18. The third-order valence-corrected chi connectivity index (χ3v) is 9.57. The van der Waals surface area contributed by atoms with E-state index in [9.17, 15) is 9.13 Å². The highest BCUT2D eigenvalue weighted by Gasteiger charge is 2.57. The molecule has 3 aromatic rings. The zero-order chi connectivity index (χ0) is 27.6. The van der Waals surface area contributed by atoms with Gasteiger partial charge < -0.3 is 9.05 Å². The largest absolute Gasteiger partial charge is 0.724 e. The highest BCUT2D eigenvalue weighted by molar-refractivity contribution is 8.21. The van der Waals surface area contributed by atoms with Gasteiger partial charge >= 0.3 is 15.0 Å². The van der Waals surface area contributed by atoms with E-state index >= 15 is 0 Å². The second kappa shape index (κ2) is 10.6. The molecule has 198 valence electrons. The van der Waals surface area contributed by atoms with Crippen molar-refractivity contribution in [3.8, 4) is 17.2 Å². The van der Waals surface area contributed by atoms with Crippen LogP contribution in [0.2, 0.25) is 0 Å². The average molecular weight is 542 g/mol. The van der Waals surface area contributed by atoms with Gasteiger partial charge in [-0.25, -0.2) is 4.52 Å². The number of benzene rings is 3. The Kier molecular flexibility index (Phi) is 8.32. The van der Waals surface area contributed by atoms with Gasteiger partial charge in [-0.15, -0.1) is 0 Å². The van der Waals surface area contributed by atoms with Gasteiger partial charge in [0.05, 0.1) is 0 Å². The summed E-state index contributed by atoms with van der Waals surface area (Å²) in [5.41, 5.74) is 3.13. The van der Waals surface area contributed by atoms with E-state index in [4.69, 9.17) is 13.6 Å². The Hall–Kier alpha value is -2.61. The standard InChI is InChI=1S/C30H39O5P2/c1-28(2,3)22-10-16-25(17-11-22)33-36(31)37(32,34-26-18-12-23(13-19-26)29(4,5)6)35-27-20-14-24(15-21-27)30(7,8)9/h10-21H,1-9H3/q+1. The topological polar surface area (TPSA) is 61.8 Å². The molecule has 0 radical (unpaired) electrons. The van der Waals surface area contributed by atoms with Crippen molar-refractivity contribution in [1.29, 1.82) is 0 Å². The van der Waals surface area contributed by atoms with Crippen molar-refractivity contribution in [2.24, 2.45) is 0 Å². The Morgan fingerprint density at radius 2 is 0.784 bits per heavy atom. The minimum atomic E-state index is -4.29.